The second-order valence-corrected chi connectivity index (χ2v) is 7.02. The van der Waals surface area contributed by atoms with Crippen molar-refractivity contribution in [3.63, 3.8) is 0 Å². The van der Waals surface area contributed by atoms with Crippen LogP contribution in [0.5, 0.6) is 5.75 Å². The van der Waals surface area contributed by atoms with E-state index in [1.807, 2.05) is 37.3 Å². The summed E-state index contributed by atoms with van der Waals surface area (Å²) in [7, 11) is 0. The summed E-state index contributed by atoms with van der Waals surface area (Å²) in [6.07, 6.45) is -2.66. The van der Waals surface area contributed by atoms with Crippen molar-refractivity contribution in [3.8, 4) is 5.75 Å². The fourth-order valence-electron chi connectivity index (χ4n) is 3.38. The van der Waals surface area contributed by atoms with Gasteiger partial charge in [0, 0.05) is 13.1 Å². The van der Waals surface area contributed by atoms with Crippen LogP contribution in [0.4, 0.5) is 24.5 Å². The molecular formula is C22H23F3N2O. The normalized spacial score (nSPS) is 17.0. The average molecular weight is 388 g/mol. The Kier molecular flexibility index (Phi) is 5.68. The lowest BCUT2D eigenvalue weighted by Gasteiger charge is -2.38. The first-order chi connectivity index (χ1) is 13.2. The van der Waals surface area contributed by atoms with Gasteiger partial charge in [-0.3, -0.25) is 0 Å². The number of ether oxygens (including phenoxy) is 1. The van der Waals surface area contributed by atoms with Crippen molar-refractivity contribution >= 4 is 11.4 Å². The summed E-state index contributed by atoms with van der Waals surface area (Å²) in [5.74, 6) is -0.205. The Morgan fingerprint density at radius 3 is 2.68 bits per heavy atom. The minimum absolute atomic E-state index is 0.0845. The van der Waals surface area contributed by atoms with Crippen molar-refractivity contribution in [1.29, 1.82) is 0 Å². The first-order valence-electron chi connectivity index (χ1n) is 9.00. The highest BCUT2D eigenvalue weighted by Crippen LogP contribution is 2.34. The van der Waals surface area contributed by atoms with Crippen LogP contribution in [0, 0.1) is 0 Å². The Labute approximate surface area is 163 Å². The molecule has 0 saturated heterocycles. The highest BCUT2D eigenvalue weighted by Gasteiger charge is 2.31. The molecule has 6 heteroatoms. The summed E-state index contributed by atoms with van der Waals surface area (Å²) in [5.41, 5.74) is 4.89. The number of nitrogens with one attached hydrogen (secondary N) is 1. The number of alkyl halides is 3. The summed E-state index contributed by atoms with van der Waals surface area (Å²) in [6, 6.07) is 14.1. The van der Waals surface area contributed by atoms with E-state index in [0.29, 0.717) is 13.1 Å². The number of hydrogen-bond acceptors (Lipinski definition) is 3. The van der Waals surface area contributed by atoms with Gasteiger partial charge in [0.1, 0.15) is 5.75 Å². The Morgan fingerprint density at radius 1 is 1.21 bits per heavy atom. The Bertz CT molecular complexity index is 889. The van der Waals surface area contributed by atoms with Crippen LogP contribution in [-0.2, 0) is 6.54 Å². The first kappa shape index (κ1) is 19.9. The molecule has 1 heterocycles. The molecule has 1 unspecified atom stereocenters. The molecule has 28 heavy (non-hydrogen) atoms. The highest BCUT2D eigenvalue weighted by atomic mass is 19.4. The molecule has 0 bridgehead atoms. The van der Waals surface area contributed by atoms with Crippen LogP contribution >= 0.6 is 0 Å². The van der Waals surface area contributed by atoms with E-state index in [-0.39, 0.29) is 11.8 Å². The van der Waals surface area contributed by atoms with Crippen LogP contribution in [0.25, 0.3) is 0 Å². The standard InChI is InChI=1S/C22H23F3N2O/c1-15(2)11-16(3)20-14-27(21-10-5-4-9-19(21)26-20)13-17-7-6-8-18(12-17)28-22(23,24)25/h4-12,20,26H,1,13-14H2,2-3H3/b16-11+. The van der Waals surface area contributed by atoms with Gasteiger partial charge in [0.15, 0.2) is 0 Å². The van der Waals surface area contributed by atoms with Crippen LogP contribution < -0.4 is 15.0 Å². The van der Waals surface area contributed by atoms with E-state index in [0.717, 1.165) is 28.1 Å². The third kappa shape index (κ3) is 5.09. The van der Waals surface area contributed by atoms with E-state index in [1.165, 1.54) is 12.1 Å². The number of allylic oxidation sites excluding steroid dienone is 2. The van der Waals surface area contributed by atoms with Gasteiger partial charge in [0.2, 0.25) is 0 Å². The molecule has 1 aliphatic heterocycles. The van der Waals surface area contributed by atoms with Gasteiger partial charge in [0.25, 0.3) is 0 Å². The predicted octanol–water partition coefficient (Wildman–Crippen LogP) is 5.91. The minimum atomic E-state index is -4.70. The van der Waals surface area contributed by atoms with Crippen molar-refractivity contribution in [2.24, 2.45) is 0 Å². The molecule has 0 aromatic heterocycles. The number of para-hydroxylation sites is 2. The average Bonchev–Trinajstić information content (AvgIpc) is 2.60. The number of benzene rings is 2. The minimum Gasteiger partial charge on any atom is -0.406 e. The fourth-order valence-corrected chi connectivity index (χ4v) is 3.38. The zero-order chi connectivity index (χ0) is 20.3. The Morgan fingerprint density at radius 2 is 1.96 bits per heavy atom. The van der Waals surface area contributed by atoms with E-state index in [2.05, 4.69) is 28.5 Å². The number of hydrogen-bond donors (Lipinski definition) is 1. The molecule has 0 aliphatic carbocycles. The van der Waals surface area contributed by atoms with Gasteiger partial charge in [-0.1, -0.05) is 42.5 Å². The van der Waals surface area contributed by atoms with Crippen molar-refractivity contribution in [3.05, 3.63) is 77.9 Å². The number of anilines is 2. The van der Waals surface area contributed by atoms with Gasteiger partial charge in [-0.25, -0.2) is 0 Å². The summed E-state index contributed by atoms with van der Waals surface area (Å²) in [5, 5.41) is 3.54. The molecule has 0 spiro atoms. The second-order valence-electron chi connectivity index (χ2n) is 7.02. The largest absolute Gasteiger partial charge is 0.573 e. The molecule has 1 atom stereocenters. The third-order valence-electron chi connectivity index (χ3n) is 4.51. The summed E-state index contributed by atoms with van der Waals surface area (Å²) >= 11 is 0. The smallest absolute Gasteiger partial charge is 0.406 e. The Hall–Kier alpha value is -2.89. The zero-order valence-electron chi connectivity index (χ0n) is 15.9. The number of halogens is 3. The SMILES string of the molecule is C=C(C)/C=C(\C)C1CN(Cc2cccc(OC(F)(F)F)c2)c2ccccc2N1. The maximum Gasteiger partial charge on any atom is 0.573 e. The predicted molar refractivity (Wildman–Crippen MR) is 107 cm³/mol. The van der Waals surface area contributed by atoms with Crippen LogP contribution in [0.15, 0.2) is 72.3 Å². The summed E-state index contributed by atoms with van der Waals surface area (Å²) in [4.78, 5) is 2.17. The number of rotatable bonds is 5. The van der Waals surface area contributed by atoms with Gasteiger partial charge >= 0.3 is 6.36 Å². The summed E-state index contributed by atoms with van der Waals surface area (Å²) < 4.78 is 41.6. The highest BCUT2D eigenvalue weighted by molar-refractivity contribution is 5.73. The summed E-state index contributed by atoms with van der Waals surface area (Å²) in [6.45, 7) is 9.11. The van der Waals surface area contributed by atoms with E-state index in [9.17, 15) is 13.2 Å². The maximum absolute atomic E-state index is 12.5. The van der Waals surface area contributed by atoms with Gasteiger partial charge in [-0.05, 0) is 49.2 Å². The van der Waals surface area contributed by atoms with Crippen LogP contribution in [0.3, 0.4) is 0 Å². The quantitative estimate of drug-likeness (QED) is 0.645. The molecule has 3 rings (SSSR count). The molecule has 1 N–H and O–H groups in total. The van der Waals surface area contributed by atoms with Crippen molar-refractivity contribution in [1.82, 2.24) is 0 Å². The first-order valence-corrected chi connectivity index (χ1v) is 9.00. The second kappa shape index (κ2) is 8.00. The zero-order valence-corrected chi connectivity index (χ0v) is 15.9. The van der Waals surface area contributed by atoms with Gasteiger partial charge < -0.3 is 15.0 Å². The molecule has 0 fully saturated rings. The molecule has 148 valence electrons. The van der Waals surface area contributed by atoms with Crippen LogP contribution in [0.2, 0.25) is 0 Å². The molecule has 0 radical (unpaired) electrons. The number of nitrogens with zero attached hydrogens (tertiary/aromatic N) is 1. The van der Waals surface area contributed by atoms with E-state index >= 15 is 0 Å². The van der Waals surface area contributed by atoms with Crippen molar-refractivity contribution in [2.45, 2.75) is 32.8 Å². The molecule has 3 nitrogen and oxygen atoms in total. The van der Waals surface area contributed by atoms with E-state index in [4.69, 9.17) is 0 Å². The van der Waals surface area contributed by atoms with Crippen molar-refractivity contribution < 1.29 is 17.9 Å². The van der Waals surface area contributed by atoms with Gasteiger partial charge in [0.05, 0.1) is 17.4 Å². The monoisotopic (exact) mass is 388 g/mol. The maximum atomic E-state index is 12.5. The van der Waals surface area contributed by atoms with E-state index < -0.39 is 6.36 Å². The van der Waals surface area contributed by atoms with Gasteiger partial charge in [-0.2, -0.15) is 0 Å². The van der Waals surface area contributed by atoms with E-state index in [1.54, 1.807) is 12.1 Å². The molecule has 0 amide bonds. The lowest BCUT2D eigenvalue weighted by molar-refractivity contribution is -0.274. The van der Waals surface area contributed by atoms with Crippen LogP contribution in [-0.4, -0.2) is 18.9 Å². The molecule has 0 saturated carbocycles. The molecular weight excluding hydrogens is 365 g/mol. The fraction of sp³-hybridized carbons (Fsp3) is 0.273. The molecule has 1 aliphatic rings. The molecule has 2 aromatic rings. The van der Waals surface area contributed by atoms with Crippen molar-refractivity contribution in [2.75, 3.05) is 16.8 Å². The topological polar surface area (TPSA) is 24.5 Å². The lowest BCUT2D eigenvalue weighted by atomic mass is 10.0. The Balaban J connectivity index is 1.86. The van der Waals surface area contributed by atoms with Gasteiger partial charge in [-0.15, -0.1) is 13.2 Å². The van der Waals surface area contributed by atoms with Crippen LogP contribution in [0.1, 0.15) is 19.4 Å². The third-order valence-corrected chi connectivity index (χ3v) is 4.51. The number of fused-ring (bicyclic) bond motifs is 1. The lowest BCUT2D eigenvalue weighted by Crippen LogP contribution is -2.41. The molecule has 2 aromatic carbocycles.